The van der Waals surface area contributed by atoms with Crippen molar-refractivity contribution in [1.29, 1.82) is 0 Å². The molecule has 20 heavy (non-hydrogen) atoms. The van der Waals surface area contributed by atoms with E-state index in [1.54, 1.807) is 0 Å². The first-order valence-corrected chi connectivity index (χ1v) is 5.75. The summed E-state index contributed by atoms with van der Waals surface area (Å²) in [6.45, 7) is 0. The minimum Gasteiger partial charge on any atom is -0.478 e. The van der Waals surface area contributed by atoms with Crippen LogP contribution in [0.15, 0.2) is 18.2 Å². The van der Waals surface area contributed by atoms with Crippen molar-refractivity contribution in [2.45, 2.75) is 6.18 Å². The Labute approximate surface area is 113 Å². The third kappa shape index (κ3) is 3.02. The molecule has 0 saturated heterocycles. The Hall–Kier alpha value is -2.23. The van der Waals surface area contributed by atoms with Crippen LogP contribution in [-0.2, 0) is 6.18 Å². The molecule has 0 spiro atoms. The molecule has 106 valence electrons. The molecular formula is C10H5F4N3O2S. The number of carboxylic acids is 1. The van der Waals surface area contributed by atoms with Crippen molar-refractivity contribution >= 4 is 28.3 Å². The van der Waals surface area contributed by atoms with E-state index in [0.29, 0.717) is 11.5 Å². The number of carboxylic acid groups (broad SMARTS) is 1. The first kappa shape index (κ1) is 14.2. The van der Waals surface area contributed by atoms with Gasteiger partial charge in [0.2, 0.25) is 11.0 Å². The molecule has 1 aromatic carbocycles. The van der Waals surface area contributed by atoms with E-state index in [0.717, 1.165) is 12.1 Å². The smallest absolute Gasteiger partial charge is 0.452 e. The van der Waals surface area contributed by atoms with E-state index in [9.17, 15) is 22.4 Å². The highest BCUT2D eigenvalue weighted by Gasteiger charge is 2.36. The van der Waals surface area contributed by atoms with E-state index >= 15 is 0 Å². The quantitative estimate of drug-likeness (QED) is 0.852. The second-order valence-corrected chi connectivity index (χ2v) is 4.30. The van der Waals surface area contributed by atoms with Crippen molar-refractivity contribution < 1.29 is 27.5 Å². The number of benzene rings is 1. The topological polar surface area (TPSA) is 75.1 Å². The normalized spacial score (nSPS) is 11.4. The molecule has 5 nitrogen and oxygen atoms in total. The van der Waals surface area contributed by atoms with Crippen LogP contribution in [0.25, 0.3) is 0 Å². The number of aromatic carboxylic acids is 1. The van der Waals surface area contributed by atoms with Crippen LogP contribution in [0, 0.1) is 5.82 Å². The number of hydrogen-bond donors (Lipinski definition) is 2. The van der Waals surface area contributed by atoms with Crippen LogP contribution in [0.3, 0.4) is 0 Å². The van der Waals surface area contributed by atoms with Gasteiger partial charge in [-0.15, -0.1) is 0 Å². The van der Waals surface area contributed by atoms with Gasteiger partial charge >= 0.3 is 12.1 Å². The molecule has 0 atom stereocenters. The number of anilines is 2. The number of rotatable bonds is 3. The fourth-order valence-corrected chi connectivity index (χ4v) is 1.89. The van der Waals surface area contributed by atoms with E-state index in [4.69, 9.17) is 5.11 Å². The average Bonchev–Trinajstić information content (AvgIpc) is 2.76. The van der Waals surface area contributed by atoms with Crippen LogP contribution in [0.2, 0.25) is 0 Å². The Morgan fingerprint density at radius 2 is 2.05 bits per heavy atom. The molecule has 0 aliphatic carbocycles. The molecule has 2 N–H and O–H groups in total. The van der Waals surface area contributed by atoms with Crippen LogP contribution in [0.4, 0.5) is 28.4 Å². The van der Waals surface area contributed by atoms with Gasteiger partial charge in [-0.2, -0.15) is 22.5 Å². The molecule has 0 saturated carbocycles. The van der Waals surface area contributed by atoms with E-state index < -0.39 is 29.4 Å². The highest BCUT2D eigenvalue weighted by molar-refractivity contribution is 7.09. The lowest BCUT2D eigenvalue weighted by Gasteiger charge is -2.04. The van der Waals surface area contributed by atoms with E-state index in [2.05, 4.69) is 14.7 Å². The maximum Gasteiger partial charge on any atom is 0.452 e. The van der Waals surface area contributed by atoms with Crippen molar-refractivity contribution in [1.82, 2.24) is 9.36 Å². The highest BCUT2D eigenvalue weighted by atomic mass is 32.1. The SMILES string of the molecule is O=C(O)c1ccc(Nc2nc(C(F)(F)F)ns2)cc1F. The van der Waals surface area contributed by atoms with Crippen LogP contribution < -0.4 is 5.32 Å². The predicted octanol–water partition coefficient (Wildman–Crippen LogP) is 3.14. The molecule has 0 unspecified atom stereocenters. The van der Waals surface area contributed by atoms with Crippen LogP contribution in [0.5, 0.6) is 0 Å². The zero-order valence-electron chi connectivity index (χ0n) is 9.40. The summed E-state index contributed by atoms with van der Waals surface area (Å²) in [6, 6.07) is 3.05. The highest BCUT2D eigenvalue weighted by Crippen LogP contribution is 2.30. The molecule has 2 rings (SSSR count). The van der Waals surface area contributed by atoms with Crippen molar-refractivity contribution in [2.75, 3.05) is 5.32 Å². The Balaban J connectivity index is 2.20. The summed E-state index contributed by atoms with van der Waals surface area (Å²) in [7, 11) is 0. The maximum absolute atomic E-state index is 13.4. The molecule has 0 fully saturated rings. The fourth-order valence-electron chi connectivity index (χ4n) is 1.28. The largest absolute Gasteiger partial charge is 0.478 e. The van der Waals surface area contributed by atoms with Crippen molar-refractivity contribution in [3.63, 3.8) is 0 Å². The standard InChI is InChI=1S/C10H5F4N3O2S/c11-6-3-4(1-2-5(6)7(18)19)15-9-16-8(17-20-9)10(12,13)14/h1-3H,(H,18,19)(H,15,16,17). The van der Waals surface area contributed by atoms with Crippen molar-refractivity contribution in [2.24, 2.45) is 0 Å². The summed E-state index contributed by atoms with van der Waals surface area (Å²) in [6.07, 6.45) is -4.66. The average molecular weight is 307 g/mol. The molecule has 1 heterocycles. The molecule has 0 aliphatic heterocycles. The summed E-state index contributed by atoms with van der Waals surface area (Å²) in [4.78, 5) is 13.8. The van der Waals surface area contributed by atoms with Gasteiger partial charge in [0.15, 0.2) is 0 Å². The number of nitrogens with one attached hydrogen (secondary N) is 1. The lowest BCUT2D eigenvalue weighted by atomic mass is 10.2. The number of nitrogens with zero attached hydrogens (tertiary/aromatic N) is 2. The minimum absolute atomic E-state index is 0.0670. The molecule has 0 bridgehead atoms. The molecular weight excluding hydrogens is 302 g/mol. The Bertz CT molecular complexity index is 656. The van der Waals surface area contributed by atoms with Gasteiger partial charge < -0.3 is 10.4 Å². The second-order valence-electron chi connectivity index (χ2n) is 3.55. The van der Waals surface area contributed by atoms with Crippen LogP contribution >= 0.6 is 11.5 Å². The summed E-state index contributed by atoms with van der Waals surface area (Å²) >= 11 is 0.457. The summed E-state index contributed by atoms with van der Waals surface area (Å²) in [5.74, 6) is -3.75. The molecule has 1 aromatic heterocycles. The second kappa shape index (κ2) is 5.04. The zero-order chi connectivity index (χ0) is 14.9. The van der Waals surface area contributed by atoms with Crippen molar-refractivity contribution in [3.05, 3.63) is 35.4 Å². The van der Waals surface area contributed by atoms with Gasteiger partial charge in [-0.1, -0.05) is 0 Å². The molecule has 2 aromatic rings. The number of hydrogen-bond acceptors (Lipinski definition) is 5. The van der Waals surface area contributed by atoms with Crippen molar-refractivity contribution in [3.8, 4) is 0 Å². The molecule has 10 heteroatoms. The van der Waals surface area contributed by atoms with E-state index in [1.807, 2.05) is 0 Å². The zero-order valence-corrected chi connectivity index (χ0v) is 10.2. The number of alkyl halides is 3. The Morgan fingerprint density at radius 1 is 1.35 bits per heavy atom. The van der Waals surface area contributed by atoms with E-state index in [1.165, 1.54) is 6.07 Å². The summed E-state index contributed by atoms with van der Waals surface area (Å²) in [5.41, 5.74) is -0.471. The predicted molar refractivity (Wildman–Crippen MR) is 61.6 cm³/mol. The van der Waals surface area contributed by atoms with Gasteiger partial charge in [0.1, 0.15) is 5.82 Å². The molecule has 0 amide bonds. The van der Waals surface area contributed by atoms with Crippen LogP contribution in [0.1, 0.15) is 16.2 Å². The van der Waals surface area contributed by atoms with Gasteiger partial charge in [-0.3, -0.25) is 0 Å². The lowest BCUT2D eigenvalue weighted by molar-refractivity contribution is -0.144. The third-order valence-electron chi connectivity index (χ3n) is 2.13. The van der Waals surface area contributed by atoms with E-state index in [-0.39, 0.29) is 10.8 Å². The number of halogens is 4. The minimum atomic E-state index is -4.66. The third-order valence-corrected chi connectivity index (χ3v) is 2.76. The Morgan fingerprint density at radius 3 is 2.55 bits per heavy atom. The lowest BCUT2D eigenvalue weighted by Crippen LogP contribution is -2.07. The maximum atomic E-state index is 13.4. The van der Waals surface area contributed by atoms with Crippen LogP contribution in [-0.4, -0.2) is 20.4 Å². The first-order chi connectivity index (χ1) is 9.27. The summed E-state index contributed by atoms with van der Waals surface area (Å²) in [5, 5.41) is 10.9. The molecule has 0 radical (unpaired) electrons. The van der Waals surface area contributed by atoms with Gasteiger partial charge in [0, 0.05) is 17.2 Å². The number of carbonyl (C=O) groups is 1. The first-order valence-electron chi connectivity index (χ1n) is 4.98. The van der Waals surface area contributed by atoms with Gasteiger partial charge in [0.25, 0.3) is 0 Å². The Kier molecular flexibility index (Phi) is 3.57. The number of aromatic nitrogens is 2. The fraction of sp³-hybridized carbons (Fsp3) is 0.100. The van der Waals surface area contributed by atoms with Gasteiger partial charge in [-0.25, -0.2) is 9.18 Å². The monoisotopic (exact) mass is 307 g/mol. The molecule has 0 aliphatic rings. The van der Waals surface area contributed by atoms with Gasteiger partial charge in [-0.05, 0) is 18.2 Å². The van der Waals surface area contributed by atoms with Gasteiger partial charge in [0.05, 0.1) is 5.56 Å². The summed E-state index contributed by atoms with van der Waals surface area (Å²) < 4.78 is 53.3.